The van der Waals surface area contributed by atoms with Crippen LogP contribution in [0.1, 0.15) is 39.5 Å². The van der Waals surface area contributed by atoms with Crippen LogP contribution in [0.25, 0.3) is 0 Å². The number of aliphatic hydroxyl groups excluding tert-OH is 1. The Morgan fingerprint density at radius 2 is 2.20 bits per heavy atom. The van der Waals surface area contributed by atoms with Crippen molar-refractivity contribution in [1.82, 2.24) is 4.90 Å². The van der Waals surface area contributed by atoms with Gasteiger partial charge in [0, 0.05) is 13.1 Å². The predicted molar refractivity (Wildman–Crippen MR) is 60.3 cm³/mol. The lowest BCUT2D eigenvalue weighted by atomic mass is 9.89. The highest BCUT2D eigenvalue weighted by Crippen LogP contribution is 2.22. The van der Waals surface area contributed by atoms with Gasteiger partial charge in [0.2, 0.25) is 0 Å². The topological polar surface area (TPSA) is 47.3 Å². The van der Waals surface area contributed by atoms with Crippen molar-refractivity contribution in [2.75, 3.05) is 19.6 Å². The summed E-state index contributed by atoms with van der Waals surface area (Å²) in [6.45, 7) is 6.92. The summed E-state index contributed by atoms with van der Waals surface area (Å²) in [6.07, 6.45) is 4.02. The van der Waals surface area contributed by atoms with Crippen LogP contribution >= 0.6 is 0 Å². The summed E-state index contributed by atoms with van der Waals surface area (Å²) in [4.78, 5) is 2.31. The fraction of sp³-hybridized carbons (Fsp3) is 0.917. The molecule has 1 aliphatic heterocycles. The number of unbranched alkanes of at least 4 members (excludes halogenated alkanes) is 1. The molecule has 1 heterocycles. The van der Waals surface area contributed by atoms with Crippen molar-refractivity contribution >= 4 is 0 Å². The second kappa shape index (κ2) is 5.48. The molecule has 0 aromatic carbocycles. The number of nitrogens with zero attached hydrogens (tertiary/aromatic N) is 2. The van der Waals surface area contributed by atoms with Crippen LogP contribution in [0.3, 0.4) is 0 Å². The van der Waals surface area contributed by atoms with Crippen molar-refractivity contribution < 1.29 is 5.11 Å². The molecule has 0 amide bonds. The summed E-state index contributed by atoms with van der Waals surface area (Å²) in [5.41, 5.74) is -0.176. The van der Waals surface area contributed by atoms with Crippen LogP contribution in [0.2, 0.25) is 0 Å². The van der Waals surface area contributed by atoms with E-state index in [1.807, 2.05) is 13.8 Å². The minimum Gasteiger partial charge on any atom is -0.392 e. The van der Waals surface area contributed by atoms with Crippen LogP contribution < -0.4 is 0 Å². The molecule has 1 atom stereocenters. The van der Waals surface area contributed by atoms with Crippen molar-refractivity contribution in [3.63, 3.8) is 0 Å². The summed E-state index contributed by atoms with van der Waals surface area (Å²) < 4.78 is 0. The Morgan fingerprint density at radius 1 is 1.47 bits per heavy atom. The van der Waals surface area contributed by atoms with E-state index in [1.165, 1.54) is 0 Å². The molecule has 1 saturated heterocycles. The Bertz CT molecular complexity index is 232. The van der Waals surface area contributed by atoms with E-state index in [2.05, 4.69) is 11.0 Å². The average molecular weight is 210 g/mol. The first-order valence-corrected chi connectivity index (χ1v) is 5.85. The summed E-state index contributed by atoms with van der Waals surface area (Å²) in [6, 6.07) is 2.32. The molecule has 1 rings (SSSR count). The summed E-state index contributed by atoms with van der Waals surface area (Å²) in [7, 11) is 0. The highest BCUT2D eigenvalue weighted by Gasteiger charge is 2.20. The van der Waals surface area contributed by atoms with Crippen LogP contribution in [0, 0.1) is 16.7 Å². The van der Waals surface area contributed by atoms with E-state index in [4.69, 9.17) is 5.26 Å². The van der Waals surface area contributed by atoms with Gasteiger partial charge in [-0.25, -0.2) is 0 Å². The SMILES string of the molecule is CC(C)(C#N)CCCCN1CCC(O)C1. The number of nitriles is 1. The van der Waals surface area contributed by atoms with Gasteiger partial charge in [0.05, 0.1) is 17.6 Å². The van der Waals surface area contributed by atoms with Crippen molar-refractivity contribution in [1.29, 1.82) is 5.26 Å². The molecule has 0 spiro atoms. The first-order chi connectivity index (χ1) is 7.03. The lowest BCUT2D eigenvalue weighted by molar-refractivity contribution is 0.175. The predicted octanol–water partition coefficient (Wildman–Crippen LogP) is 1.77. The summed E-state index contributed by atoms with van der Waals surface area (Å²) in [5.74, 6) is 0. The van der Waals surface area contributed by atoms with Gasteiger partial charge in [-0.2, -0.15) is 5.26 Å². The van der Waals surface area contributed by atoms with Crippen molar-refractivity contribution in [3.05, 3.63) is 0 Å². The maximum absolute atomic E-state index is 9.34. The Morgan fingerprint density at radius 3 is 2.73 bits per heavy atom. The molecule has 0 aromatic heterocycles. The quantitative estimate of drug-likeness (QED) is 0.703. The van der Waals surface area contributed by atoms with E-state index in [9.17, 15) is 5.11 Å². The van der Waals surface area contributed by atoms with Crippen LogP contribution in [-0.2, 0) is 0 Å². The van der Waals surface area contributed by atoms with Gasteiger partial charge in [-0.15, -0.1) is 0 Å². The molecule has 0 aliphatic carbocycles. The molecule has 0 aromatic rings. The maximum Gasteiger partial charge on any atom is 0.0683 e. The lowest BCUT2D eigenvalue weighted by Crippen LogP contribution is -2.23. The summed E-state index contributed by atoms with van der Waals surface area (Å²) >= 11 is 0. The third-order valence-corrected chi connectivity index (χ3v) is 3.08. The van der Waals surface area contributed by atoms with Gasteiger partial charge in [-0.05, 0) is 39.7 Å². The molecule has 1 fully saturated rings. The van der Waals surface area contributed by atoms with E-state index < -0.39 is 0 Å². The molecule has 3 heteroatoms. The molecule has 15 heavy (non-hydrogen) atoms. The van der Waals surface area contributed by atoms with Gasteiger partial charge in [0.15, 0.2) is 0 Å². The van der Waals surface area contributed by atoms with Crippen LogP contribution in [0.15, 0.2) is 0 Å². The van der Waals surface area contributed by atoms with Crippen molar-refractivity contribution in [3.8, 4) is 6.07 Å². The number of hydrogen-bond acceptors (Lipinski definition) is 3. The van der Waals surface area contributed by atoms with Gasteiger partial charge in [0.25, 0.3) is 0 Å². The first kappa shape index (κ1) is 12.5. The zero-order chi connectivity index (χ0) is 11.3. The molecule has 0 saturated carbocycles. The van der Waals surface area contributed by atoms with Crippen LogP contribution in [-0.4, -0.2) is 35.7 Å². The largest absolute Gasteiger partial charge is 0.392 e. The molecule has 0 radical (unpaired) electrons. The smallest absolute Gasteiger partial charge is 0.0683 e. The molecule has 1 N–H and O–H groups in total. The van der Waals surface area contributed by atoms with Gasteiger partial charge in [0.1, 0.15) is 0 Å². The molecule has 1 unspecified atom stereocenters. The molecule has 3 nitrogen and oxygen atoms in total. The van der Waals surface area contributed by atoms with E-state index in [0.717, 1.165) is 45.3 Å². The van der Waals surface area contributed by atoms with E-state index in [1.54, 1.807) is 0 Å². The average Bonchev–Trinajstić information content (AvgIpc) is 2.59. The molecular weight excluding hydrogens is 188 g/mol. The minimum absolute atomic E-state index is 0.111. The van der Waals surface area contributed by atoms with E-state index in [0.29, 0.717) is 0 Å². The van der Waals surface area contributed by atoms with Crippen molar-refractivity contribution in [2.24, 2.45) is 5.41 Å². The second-order valence-corrected chi connectivity index (χ2v) is 5.20. The highest BCUT2D eigenvalue weighted by molar-refractivity contribution is 4.91. The lowest BCUT2D eigenvalue weighted by Gasteiger charge is -2.17. The Balaban J connectivity index is 2.05. The normalized spacial score (nSPS) is 22.9. The standard InChI is InChI=1S/C12H22N2O/c1-12(2,10-13)6-3-4-7-14-8-5-11(15)9-14/h11,15H,3-9H2,1-2H3. The Hall–Kier alpha value is -0.590. The molecule has 0 bridgehead atoms. The van der Waals surface area contributed by atoms with Gasteiger partial charge < -0.3 is 10.0 Å². The monoisotopic (exact) mass is 210 g/mol. The number of hydrogen-bond donors (Lipinski definition) is 1. The molecular formula is C12H22N2O. The number of rotatable bonds is 5. The van der Waals surface area contributed by atoms with Crippen LogP contribution in [0.5, 0.6) is 0 Å². The summed E-state index contributed by atoms with van der Waals surface area (Å²) in [5, 5.41) is 18.2. The maximum atomic E-state index is 9.34. The number of aliphatic hydroxyl groups is 1. The van der Waals surface area contributed by atoms with Crippen molar-refractivity contribution in [2.45, 2.75) is 45.6 Å². The highest BCUT2D eigenvalue weighted by atomic mass is 16.3. The Kier molecular flexibility index (Phi) is 4.56. The van der Waals surface area contributed by atoms with Gasteiger partial charge in [-0.1, -0.05) is 6.42 Å². The van der Waals surface area contributed by atoms with Gasteiger partial charge in [-0.3, -0.25) is 0 Å². The second-order valence-electron chi connectivity index (χ2n) is 5.20. The first-order valence-electron chi connectivity index (χ1n) is 5.85. The third kappa shape index (κ3) is 4.63. The van der Waals surface area contributed by atoms with Crippen LogP contribution in [0.4, 0.5) is 0 Å². The third-order valence-electron chi connectivity index (χ3n) is 3.08. The van der Waals surface area contributed by atoms with E-state index >= 15 is 0 Å². The molecule has 86 valence electrons. The fourth-order valence-corrected chi connectivity index (χ4v) is 1.97. The Labute approximate surface area is 92.7 Å². The fourth-order valence-electron chi connectivity index (χ4n) is 1.97. The number of likely N-dealkylation sites (tertiary alicyclic amines) is 1. The minimum atomic E-state index is -0.176. The van der Waals surface area contributed by atoms with E-state index in [-0.39, 0.29) is 11.5 Å². The zero-order valence-electron chi connectivity index (χ0n) is 9.87. The zero-order valence-corrected chi connectivity index (χ0v) is 9.87. The van der Waals surface area contributed by atoms with Gasteiger partial charge >= 0.3 is 0 Å². The molecule has 1 aliphatic rings. The number of β-amino-alcohol motifs (C(OH)–C–C–N with tert-alkyl or cyclic N) is 1.